The molecule has 3 aromatic heterocycles. The second-order valence-electron chi connectivity index (χ2n) is 13.5. The molecule has 0 spiro atoms. The predicted molar refractivity (Wildman–Crippen MR) is 203 cm³/mol. The average Bonchev–Trinajstić information content (AvgIpc) is 3.49. The first kappa shape index (κ1) is 35.7. The van der Waals surface area contributed by atoms with Gasteiger partial charge in [0.25, 0.3) is 11.5 Å². The molecule has 0 saturated carbocycles. The van der Waals surface area contributed by atoms with Gasteiger partial charge in [-0.2, -0.15) is 10.1 Å². The number of carbonyl (C=O) groups excluding carboxylic acids is 3. The third-order valence-electron chi connectivity index (χ3n) is 9.96. The quantitative estimate of drug-likeness (QED) is 0.144. The number of pyridine rings is 1. The number of anilines is 4. The van der Waals surface area contributed by atoms with Crippen LogP contribution in [0.25, 0.3) is 21.8 Å². The summed E-state index contributed by atoms with van der Waals surface area (Å²) < 4.78 is 8.79. The number of halogens is 1. The fourth-order valence-corrected chi connectivity index (χ4v) is 7.33. The van der Waals surface area contributed by atoms with E-state index in [9.17, 15) is 19.2 Å². The largest absolute Gasteiger partial charge is 0.478 e. The number of ether oxygens (including phenoxy) is 1. The van der Waals surface area contributed by atoms with Gasteiger partial charge in [0, 0.05) is 63.7 Å². The summed E-state index contributed by atoms with van der Waals surface area (Å²) >= 11 is 6.57. The SMILES string of the molecule is CNC(=O)COc1cc2cc(Nc3nc(N4CCC[C@@H](CCNc5cccc6c([C@H]7CCC(=O)NC7=O)nn(C)c56)C4)ncc3Cl)ccc2n(C)c1=O. The Morgan fingerprint density at radius 3 is 2.77 bits per heavy atom. The maximum atomic E-state index is 12.8. The Balaban J connectivity index is 1.01. The Kier molecular flexibility index (Phi) is 10.2. The summed E-state index contributed by atoms with van der Waals surface area (Å²) in [5, 5.41) is 18.6. The van der Waals surface area contributed by atoms with Crippen molar-refractivity contribution in [2.24, 2.45) is 20.0 Å². The zero-order chi connectivity index (χ0) is 37.2. The second kappa shape index (κ2) is 15.1. The molecule has 5 aromatic rings. The summed E-state index contributed by atoms with van der Waals surface area (Å²) in [6.45, 7) is 2.10. The summed E-state index contributed by atoms with van der Waals surface area (Å²) in [7, 11) is 5.04. The van der Waals surface area contributed by atoms with Crippen LogP contribution in [0.4, 0.5) is 23.1 Å². The molecular formula is C37H41ClN10O5. The van der Waals surface area contributed by atoms with E-state index in [2.05, 4.69) is 31.2 Å². The molecule has 0 bridgehead atoms. The summed E-state index contributed by atoms with van der Waals surface area (Å²) in [5.41, 5.74) is 3.64. The number of imide groups is 1. The molecule has 16 heteroatoms. The van der Waals surface area contributed by atoms with E-state index in [1.807, 2.05) is 48.1 Å². The normalized spacial score (nSPS) is 17.5. The first-order valence-electron chi connectivity index (χ1n) is 17.6. The van der Waals surface area contributed by atoms with Crippen molar-refractivity contribution in [3.8, 4) is 5.75 Å². The van der Waals surface area contributed by atoms with E-state index in [1.54, 1.807) is 19.3 Å². The minimum atomic E-state index is -0.453. The molecule has 5 heterocycles. The van der Waals surface area contributed by atoms with Gasteiger partial charge in [0.2, 0.25) is 17.8 Å². The van der Waals surface area contributed by atoms with Crippen LogP contribution in [0.15, 0.2) is 53.5 Å². The fourth-order valence-electron chi connectivity index (χ4n) is 7.20. The van der Waals surface area contributed by atoms with E-state index in [0.717, 1.165) is 60.9 Å². The van der Waals surface area contributed by atoms with Crippen LogP contribution in [0.5, 0.6) is 5.75 Å². The number of hydrogen-bond donors (Lipinski definition) is 4. The van der Waals surface area contributed by atoms with Crippen LogP contribution in [0, 0.1) is 5.92 Å². The molecular weight excluding hydrogens is 700 g/mol. The van der Waals surface area contributed by atoms with E-state index in [0.29, 0.717) is 52.4 Å². The molecule has 276 valence electrons. The third-order valence-corrected chi connectivity index (χ3v) is 10.2. The van der Waals surface area contributed by atoms with Crippen LogP contribution < -0.4 is 36.5 Å². The highest BCUT2D eigenvalue weighted by atomic mass is 35.5. The van der Waals surface area contributed by atoms with Crippen molar-refractivity contribution in [3.05, 3.63) is 69.7 Å². The molecule has 15 nitrogen and oxygen atoms in total. The van der Waals surface area contributed by atoms with E-state index >= 15 is 0 Å². The van der Waals surface area contributed by atoms with Gasteiger partial charge in [-0.1, -0.05) is 23.7 Å². The molecule has 2 fully saturated rings. The molecule has 2 aliphatic heterocycles. The first-order chi connectivity index (χ1) is 25.6. The fraction of sp³-hybridized carbons (Fsp3) is 0.378. The molecule has 0 radical (unpaired) electrons. The van der Waals surface area contributed by atoms with E-state index in [4.69, 9.17) is 26.4 Å². The van der Waals surface area contributed by atoms with Crippen molar-refractivity contribution in [1.82, 2.24) is 34.9 Å². The Morgan fingerprint density at radius 1 is 1.11 bits per heavy atom. The number of amides is 3. The van der Waals surface area contributed by atoms with Gasteiger partial charge >= 0.3 is 0 Å². The van der Waals surface area contributed by atoms with Gasteiger partial charge in [0.15, 0.2) is 18.2 Å². The number of fused-ring (bicyclic) bond motifs is 2. The Bertz CT molecular complexity index is 2290. The zero-order valence-electron chi connectivity index (χ0n) is 29.7. The van der Waals surface area contributed by atoms with Crippen LogP contribution in [-0.2, 0) is 28.5 Å². The Morgan fingerprint density at radius 2 is 1.96 bits per heavy atom. The average molecular weight is 741 g/mol. The van der Waals surface area contributed by atoms with E-state index in [1.165, 1.54) is 11.6 Å². The van der Waals surface area contributed by atoms with Gasteiger partial charge in [-0.15, -0.1) is 0 Å². The number of nitrogens with zero attached hydrogens (tertiary/aromatic N) is 6. The second-order valence-corrected chi connectivity index (χ2v) is 13.9. The van der Waals surface area contributed by atoms with Crippen molar-refractivity contribution < 1.29 is 19.1 Å². The van der Waals surface area contributed by atoms with Gasteiger partial charge in [-0.3, -0.25) is 29.2 Å². The highest BCUT2D eigenvalue weighted by Crippen LogP contribution is 2.34. The first-order valence-corrected chi connectivity index (χ1v) is 18.0. The maximum Gasteiger partial charge on any atom is 0.293 e. The minimum absolute atomic E-state index is 0.0749. The molecule has 7 rings (SSSR count). The van der Waals surface area contributed by atoms with Crippen LogP contribution in [0.1, 0.15) is 43.7 Å². The summed E-state index contributed by atoms with van der Waals surface area (Å²) in [5.74, 6) is 0.202. The van der Waals surface area contributed by atoms with Gasteiger partial charge in [-0.05, 0) is 61.9 Å². The molecule has 2 atom stereocenters. The number of carbonyl (C=O) groups is 3. The van der Waals surface area contributed by atoms with Gasteiger partial charge in [0.05, 0.1) is 34.5 Å². The molecule has 2 aromatic carbocycles. The lowest BCUT2D eigenvalue weighted by molar-refractivity contribution is -0.134. The number of nitrogens with one attached hydrogen (secondary N) is 4. The molecule has 0 unspecified atom stereocenters. The molecule has 3 amide bonds. The monoisotopic (exact) mass is 740 g/mol. The van der Waals surface area contributed by atoms with Crippen molar-refractivity contribution in [1.29, 1.82) is 0 Å². The van der Waals surface area contributed by atoms with E-state index < -0.39 is 5.92 Å². The molecule has 2 aliphatic rings. The smallest absolute Gasteiger partial charge is 0.293 e. The lowest BCUT2D eigenvalue weighted by Gasteiger charge is -2.33. The van der Waals surface area contributed by atoms with Crippen molar-refractivity contribution in [2.75, 3.05) is 48.8 Å². The van der Waals surface area contributed by atoms with Crippen LogP contribution in [0.3, 0.4) is 0 Å². The lowest BCUT2D eigenvalue weighted by Crippen LogP contribution is -2.39. The van der Waals surface area contributed by atoms with Gasteiger partial charge < -0.3 is 30.2 Å². The zero-order valence-corrected chi connectivity index (χ0v) is 30.5. The van der Waals surface area contributed by atoms with Crippen LogP contribution >= 0.6 is 11.6 Å². The van der Waals surface area contributed by atoms with Crippen molar-refractivity contribution in [2.45, 2.75) is 38.0 Å². The maximum absolute atomic E-state index is 12.8. The number of aryl methyl sites for hydroxylation is 2. The number of likely N-dealkylation sites (N-methyl/N-ethyl adjacent to an activating group) is 1. The van der Waals surface area contributed by atoms with Gasteiger partial charge in [0.1, 0.15) is 5.02 Å². The topological polar surface area (TPSA) is 177 Å². The van der Waals surface area contributed by atoms with Crippen LogP contribution in [0.2, 0.25) is 5.02 Å². The Labute approximate surface area is 310 Å². The minimum Gasteiger partial charge on any atom is -0.478 e. The lowest BCUT2D eigenvalue weighted by atomic mass is 9.92. The van der Waals surface area contributed by atoms with Gasteiger partial charge in [-0.25, -0.2) is 4.98 Å². The number of rotatable bonds is 11. The van der Waals surface area contributed by atoms with E-state index in [-0.39, 0.29) is 35.6 Å². The number of hydrogen-bond acceptors (Lipinski definition) is 11. The molecule has 0 aliphatic carbocycles. The predicted octanol–water partition coefficient (Wildman–Crippen LogP) is 3.98. The highest BCUT2D eigenvalue weighted by Gasteiger charge is 2.32. The van der Waals surface area contributed by atoms with Crippen molar-refractivity contribution >= 4 is 74.3 Å². The van der Waals surface area contributed by atoms with Crippen molar-refractivity contribution in [3.63, 3.8) is 0 Å². The summed E-state index contributed by atoms with van der Waals surface area (Å²) in [6, 6.07) is 13.1. The molecule has 53 heavy (non-hydrogen) atoms. The summed E-state index contributed by atoms with van der Waals surface area (Å²) in [6.07, 6.45) is 5.37. The third kappa shape index (κ3) is 7.47. The standard InChI is InChI=1S/C37H41ClN10O5/c1-39-31(50)20-53-29-17-22-16-23(9-11-28(22)46(2)36(29)52)42-34-26(38)18-41-37(44-34)48-15-5-6-21(19-48)13-14-40-27-8-4-7-24-32(45-47(3)33(24)27)25-10-12-30(49)43-35(25)51/h4,7-9,11,16-18,21,25,40H,5-6,10,12-15,19-20H2,1-3H3,(H,39,50)(H,41,42,44)(H,43,49,51)/t21-,25+/m0/s1. The highest BCUT2D eigenvalue weighted by molar-refractivity contribution is 6.33. The molecule has 2 saturated heterocycles. The number of benzene rings is 2. The molecule has 4 N–H and O–H groups in total. The Hall–Kier alpha value is -5.70. The summed E-state index contributed by atoms with van der Waals surface area (Å²) in [4.78, 5) is 60.4. The number of piperidine rings is 2. The number of para-hydroxylation sites is 1. The van der Waals surface area contributed by atoms with Crippen LogP contribution in [-0.4, -0.2) is 75.3 Å². The number of aromatic nitrogens is 5.